The van der Waals surface area contributed by atoms with Crippen LogP contribution in [0.1, 0.15) is 28.4 Å². The first-order valence-corrected chi connectivity index (χ1v) is 10.7. The van der Waals surface area contributed by atoms with E-state index >= 15 is 0 Å². The van der Waals surface area contributed by atoms with Gasteiger partial charge in [-0.2, -0.15) is 0 Å². The average Bonchev–Trinajstić information content (AvgIpc) is 3.16. The first-order valence-electron chi connectivity index (χ1n) is 9.84. The molecule has 0 aliphatic heterocycles. The maximum atomic E-state index is 13.7. The van der Waals surface area contributed by atoms with Crippen molar-refractivity contribution in [2.45, 2.75) is 13.5 Å². The van der Waals surface area contributed by atoms with Gasteiger partial charge in [-0.1, -0.05) is 36.4 Å². The van der Waals surface area contributed by atoms with Crippen molar-refractivity contribution in [3.05, 3.63) is 95.3 Å². The van der Waals surface area contributed by atoms with Crippen LogP contribution in [-0.2, 0) is 11.3 Å². The molecule has 0 radical (unpaired) electrons. The molecule has 4 aromatic rings. The fourth-order valence-electron chi connectivity index (χ4n) is 3.08. The fraction of sp³-hybridized carbons (Fsp3) is 0.120. The van der Waals surface area contributed by atoms with Gasteiger partial charge in [0.2, 0.25) is 0 Å². The van der Waals surface area contributed by atoms with E-state index in [9.17, 15) is 9.18 Å². The lowest BCUT2D eigenvalue weighted by atomic mass is 10.1. The molecule has 1 aromatic heterocycles. The molecule has 4 nitrogen and oxygen atoms in total. The average molecular weight is 434 g/mol. The van der Waals surface area contributed by atoms with Crippen molar-refractivity contribution in [1.29, 1.82) is 0 Å². The Labute approximate surface area is 183 Å². The zero-order chi connectivity index (χ0) is 21.6. The van der Waals surface area contributed by atoms with Crippen molar-refractivity contribution in [1.82, 2.24) is 0 Å². The van der Waals surface area contributed by atoms with Gasteiger partial charge < -0.3 is 9.47 Å². The number of nitrogens with zero attached hydrogens (tertiary/aromatic N) is 1. The standard InChI is InChI=1S/C25H20FNO3S/c1-2-29-25(28)23-20-8-4-6-10-22(20)31-24(23)27-15-17-11-13-19(14-12-17)30-16-18-7-3-5-9-21(18)26/h3-15H,2,16H2,1H3. The highest BCUT2D eigenvalue weighted by Gasteiger charge is 2.19. The maximum Gasteiger partial charge on any atom is 0.341 e. The Morgan fingerprint density at radius 1 is 1.03 bits per heavy atom. The summed E-state index contributed by atoms with van der Waals surface area (Å²) in [5, 5.41) is 1.45. The van der Waals surface area contributed by atoms with E-state index in [4.69, 9.17) is 9.47 Å². The molecule has 0 bridgehead atoms. The normalized spacial score (nSPS) is 11.2. The van der Waals surface area contributed by atoms with E-state index in [1.54, 1.807) is 43.5 Å². The number of halogens is 1. The highest BCUT2D eigenvalue weighted by Crippen LogP contribution is 2.38. The van der Waals surface area contributed by atoms with Gasteiger partial charge in [0.1, 0.15) is 28.7 Å². The van der Waals surface area contributed by atoms with Crippen LogP contribution in [0.4, 0.5) is 9.39 Å². The minimum Gasteiger partial charge on any atom is -0.489 e. The van der Waals surface area contributed by atoms with Crippen molar-refractivity contribution >= 4 is 38.6 Å². The number of hydrogen-bond donors (Lipinski definition) is 0. The Morgan fingerprint density at radius 3 is 2.55 bits per heavy atom. The third-order valence-corrected chi connectivity index (χ3v) is 5.70. The molecule has 3 aromatic carbocycles. The minimum absolute atomic E-state index is 0.158. The summed E-state index contributed by atoms with van der Waals surface area (Å²) in [7, 11) is 0. The molecule has 0 saturated carbocycles. The number of hydrogen-bond acceptors (Lipinski definition) is 5. The molecule has 0 aliphatic rings. The van der Waals surface area contributed by atoms with Crippen LogP contribution in [0, 0.1) is 5.82 Å². The van der Waals surface area contributed by atoms with E-state index in [2.05, 4.69) is 4.99 Å². The Hall–Kier alpha value is -3.51. The number of esters is 1. The zero-order valence-corrected chi connectivity index (χ0v) is 17.7. The van der Waals surface area contributed by atoms with Crippen LogP contribution in [0.5, 0.6) is 5.75 Å². The second kappa shape index (κ2) is 9.53. The van der Waals surface area contributed by atoms with Crippen molar-refractivity contribution in [2.75, 3.05) is 6.61 Å². The zero-order valence-electron chi connectivity index (χ0n) is 16.9. The Balaban J connectivity index is 1.51. The van der Waals surface area contributed by atoms with Gasteiger partial charge >= 0.3 is 5.97 Å². The van der Waals surface area contributed by atoms with Crippen LogP contribution in [0.2, 0.25) is 0 Å². The lowest BCUT2D eigenvalue weighted by Crippen LogP contribution is -2.03. The molecule has 0 spiro atoms. The smallest absolute Gasteiger partial charge is 0.341 e. The summed E-state index contributed by atoms with van der Waals surface area (Å²) in [6, 6.07) is 21.6. The van der Waals surface area contributed by atoms with Crippen LogP contribution >= 0.6 is 11.3 Å². The first-order chi connectivity index (χ1) is 15.2. The van der Waals surface area contributed by atoms with Gasteiger partial charge in [-0.25, -0.2) is 14.2 Å². The van der Waals surface area contributed by atoms with Gasteiger partial charge in [-0.05, 0) is 48.9 Å². The molecule has 0 saturated heterocycles. The molecule has 1 heterocycles. The number of carbonyl (C=O) groups excluding carboxylic acids is 1. The molecular formula is C25H20FNO3S. The van der Waals surface area contributed by atoms with Gasteiger partial charge in [-0.3, -0.25) is 0 Å². The summed E-state index contributed by atoms with van der Waals surface area (Å²) in [5.74, 6) is -0.0227. The predicted molar refractivity (Wildman–Crippen MR) is 122 cm³/mol. The van der Waals surface area contributed by atoms with Gasteiger partial charge in [-0.15, -0.1) is 11.3 Å². The van der Waals surface area contributed by atoms with Crippen LogP contribution in [0.15, 0.2) is 77.8 Å². The monoisotopic (exact) mass is 433 g/mol. The molecule has 31 heavy (non-hydrogen) atoms. The van der Waals surface area contributed by atoms with E-state index in [-0.39, 0.29) is 18.4 Å². The summed E-state index contributed by atoms with van der Waals surface area (Å²) >= 11 is 1.45. The van der Waals surface area contributed by atoms with Crippen molar-refractivity contribution in [3.8, 4) is 5.75 Å². The number of benzene rings is 3. The Morgan fingerprint density at radius 2 is 1.77 bits per heavy atom. The molecule has 0 unspecified atom stereocenters. The van der Waals surface area contributed by atoms with Gasteiger partial charge in [0, 0.05) is 21.9 Å². The summed E-state index contributed by atoms with van der Waals surface area (Å²) in [6.07, 6.45) is 1.70. The van der Waals surface area contributed by atoms with Crippen LogP contribution < -0.4 is 4.74 Å². The summed E-state index contributed by atoms with van der Waals surface area (Å²) in [6.45, 7) is 2.25. The molecule has 0 atom stereocenters. The van der Waals surface area contributed by atoms with Gasteiger partial charge in [0.15, 0.2) is 0 Å². The Kier molecular flexibility index (Phi) is 6.38. The molecule has 0 fully saturated rings. The second-order valence-corrected chi connectivity index (χ2v) is 7.74. The van der Waals surface area contributed by atoms with Crippen molar-refractivity contribution < 1.29 is 18.7 Å². The van der Waals surface area contributed by atoms with Crippen molar-refractivity contribution in [3.63, 3.8) is 0 Å². The highest BCUT2D eigenvalue weighted by molar-refractivity contribution is 7.23. The first kappa shape index (κ1) is 20.8. The number of thiophene rings is 1. The number of ether oxygens (including phenoxy) is 2. The number of aliphatic imine (C=N–C) groups is 1. The van der Waals surface area contributed by atoms with E-state index in [0.29, 0.717) is 28.5 Å². The summed E-state index contributed by atoms with van der Waals surface area (Å²) < 4.78 is 25.6. The lowest BCUT2D eigenvalue weighted by molar-refractivity contribution is 0.0530. The molecule has 0 N–H and O–H groups in total. The molecule has 4 rings (SSSR count). The SMILES string of the molecule is CCOC(=O)c1c(N=Cc2ccc(OCc3ccccc3F)cc2)sc2ccccc12. The molecule has 0 amide bonds. The van der Waals surface area contributed by atoms with Crippen LogP contribution in [0.25, 0.3) is 10.1 Å². The Bertz CT molecular complexity index is 1230. The van der Waals surface area contributed by atoms with Crippen molar-refractivity contribution in [2.24, 2.45) is 4.99 Å². The van der Waals surface area contributed by atoms with E-state index in [0.717, 1.165) is 15.6 Å². The molecule has 156 valence electrons. The molecule has 0 aliphatic carbocycles. The maximum absolute atomic E-state index is 13.7. The van der Waals surface area contributed by atoms with E-state index in [1.165, 1.54) is 17.4 Å². The lowest BCUT2D eigenvalue weighted by Gasteiger charge is -2.07. The van der Waals surface area contributed by atoms with Crippen LogP contribution in [-0.4, -0.2) is 18.8 Å². The van der Waals surface area contributed by atoms with E-state index < -0.39 is 0 Å². The van der Waals surface area contributed by atoms with Crippen LogP contribution in [0.3, 0.4) is 0 Å². The third kappa shape index (κ3) is 4.81. The quantitative estimate of drug-likeness (QED) is 0.245. The second-order valence-electron chi connectivity index (χ2n) is 6.71. The highest BCUT2D eigenvalue weighted by atomic mass is 32.1. The van der Waals surface area contributed by atoms with E-state index in [1.807, 2.05) is 36.4 Å². The summed E-state index contributed by atoms with van der Waals surface area (Å²) in [4.78, 5) is 17.0. The van der Waals surface area contributed by atoms with Gasteiger partial charge in [0.25, 0.3) is 0 Å². The minimum atomic E-state index is -0.371. The summed E-state index contributed by atoms with van der Waals surface area (Å²) in [5.41, 5.74) is 1.85. The largest absolute Gasteiger partial charge is 0.489 e. The number of fused-ring (bicyclic) bond motifs is 1. The molecule has 6 heteroatoms. The van der Waals surface area contributed by atoms with Gasteiger partial charge in [0.05, 0.1) is 6.61 Å². The molecular weight excluding hydrogens is 413 g/mol. The topological polar surface area (TPSA) is 47.9 Å². The number of rotatable bonds is 7. The third-order valence-electron chi connectivity index (χ3n) is 4.62. The fourth-order valence-corrected chi connectivity index (χ4v) is 4.12. The predicted octanol–water partition coefficient (Wildman–Crippen LogP) is 6.55. The number of carbonyl (C=O) groups is 1.